The van der Waals surface area contributed by atoms with Gasteiger partial charge < -0.3 is 19.9 Å². The van der Waals surface area contributed by atoms with Gasteiger partial charge in [-0.2, -0.15) is 0 Å². The van der Waals surface area contributed by atoms with Crippen molar-refractivity contribution in [3.63, 3.8) is 0 Å². The molecule has 0 fully saturated rings. The fourth-order valence-corrected chi connectivity index (χ4v) is 3.16. The molecule has 0 unspecified atom stereocenters. The van der Waals surface area contributed by atoms with Crippen LogP contribution in [0.25, 0.3) is 5.69 Å². The Labute approximate surface area is 170 Å². The number of amides is 2. The van der Waals surface area contributed by atoms with Crippen LogP contribution in [0.2, 0.25) is 0 Å². The van der Waals surface area contributed by atoms with Crippen LogP contribution in [0.5, 0.6) is 5.75 Å². The zero-order chi connectivity index (χ0) is 21.0. The van der Waals surface area contributed by atoms with Crippen LogP contribution in [0.1, 0.15) is 27.3 Å². The van der Waals surface area contributed by atoms with Crippen LogP contribution in [-0.4, -0.2) is 30.0 Å². The van der Waals surface area contributed by atoms with E-state index in [0.717, 1.165) is 22.6 Å². The SMILES string of the molecule is CNC(=O)COc1cccc(NC(=O)c2cc(C)ccc2-n2c(C)ccc2C)c1. The van der Waals surface area contributed by atoms with Crippen LogP contribution in [0.15, 0.2) is 54.6 Å². The van der Waals surface area contributed by atoms with Gasteiger partial charge in [-0.1, -0.05) is 17.7 Å². The molecule has 29 heavy (non-hydrogen) atoms. The van der Waals surface area contributed by atoms with Crippen molar-refractivity contribution in [3.05, 3.63) is 77.1 Å². The molecule has 0 atom stereocenters. The fraction of sp³-hybridized carbons (Fsp3) is 0.217. The van der Waals surface area contributed by atoms with Gasteiger partial charge in [-0.05, 0) is 57.2 Å². The number of nitrogens with one attached hydrogen (secondary N) is 2. The Morgan fingerprint density at radius 1 is 0.966 bits per heavy atom. The Balaban J connectivity index is 1.87. The van der Waals surface area contributed by atoms with Gasteiger partial charge in [0.15, 0.2) is 6.61 Å². The van der Waals surface area contributed by atoms with Gasteiger partial charge in [-0.15, -0.1) is 0 Å². The van der Waals surface area contributed by atoms with E-state index in [4.69, 9.17) is 4.74 Å². The minimum atomic E-state index is -0.221. The molecule has 0 spiro atoms. The molecule has 0 aliphatic carbocycles. The molecule has 2 N–H and O–H groups in total. The second-order valence-electron chi connectivity index (χ2n) is 6.92. The molecule has 6 nitrogen and oxygen atoms in total. The molecule has 2 aromatic carbocycles. The van der Waals surface area contributed by atoms with Gasteiger partial charge in [0.2, 0.25) is 0 Å². The molecular formula is C23H25N3O3. The maximum absolute atomic E-state index is 13.1. The lowest BCUT2D eigenvalue weighted by Crippen LogP contribution is -2.24. The summed E-state index contributed by atoms with van der Waals surface area (Å²) in [7, 11) is 1.55. The van der Waals surface area contributed by atoms with Crippen molar-refractivity contribution in [1.82, 2.24) is 9.88 Å². The van der Waals surface area contributed by atoms with Gasteiger partial charge >= 0.3 is 0 Å². The summed E-state index contributed by atoms with van der Waals surface area (Å²) in [5.74, 6) is 0.0777. The number of hydrogen-bond acceptors (Lipinski definition) is 3. The number of carbonyl (C=O) groups excluding carboxylic acids is 2. The smallest absolute Gasteiger partial charge is 0.257 e. The number of nitrogens with zero attached hydrogens (tertiary/aromatic N) is 1. The summed E-state index contributed by atoms with van der Waals surface area (Å²) in [5.41, 5.74) is 5.14. The number of anilines is 1. The predicted octanol–water partition coefficient (Wildman–Crippen LogP) is 3.78. The van der Waals surface area contributed by atoms with E-state index in [2.05, 4.69) is 15.2 Å². The molecule has 0 saturated carbocycles. The van der Waals surface area contributed by atoms with E-state index in [1.807, 2.05) is 51.1 Å². The number of ether oxygens (including phenoxy) is 1. The van der Waals surface area contributed by atoms with E-state index in [-0.39, 0.29) is 18.4 Å². The maximum atomic E-state index is 13.1. The van der Waals surface area contributed by atoms with E-state index in [0.29, 0.717) is 17.0 Å². The first-order chi connectivity index (χ1) is 13.9. The first-order valence-corrected chi connectivity index (χ1v) is 9.40. The lowest BCUT2D eigenvalue weighted by Gasteiger charge is -2.16. The summed E-state index contributed by atoms with van der Waals surface area (Å²) in [4.78, 5) is 24.5. The third kappa shape index (κ3) is 4.66. The average Bonchev–Trinajstić information content (AvgIpc) is 3.04. The van der Waals surface area contributed by atoms with Gasteiger partial charge in [0, 0.05) is 30.2 Å². The van der Waals surface area contributed by atoms with E-state index in [9.17, 15) is 9.59 Å². The van der Waals surface area contributed by atoms with Crippen molar-refractivity contribution in [1.29, 1.82) is 0 Å². The molecule has 0 aliphatic heterocycles. The average molecular weight is 391 g/mol. The zero-order valence-corrected chi connectivity index (χ0v) is 17.1. The first-order valence-electron chi connectivity index (χ1n) is 9.40. The summed E-state index contributed by atoms with van der Waals surface area (Å²) in [6, 6.07) is 16.9. The van der Waals surface area contributed by atoms with Crippen molar-refractivity contribution in [2.75, 3.05) is 19.0 Å². The van der Waals surface area contributed by atoms with Crippen LogP contribution in [-0.2, 0) is 4.79 Å². The second-order valence-corrected chi connectivity index (χ2v) is 6.92. The largest absolute Gasteiger partial charge is 0.484 e. The molecule has 0 saturated heterocycles. The van der Waals surface area contributed by atoms with E-state index in [1.54, 1.807) is 31.3 Å². The summed E-state index contributed by atoms with van der Waals surface area (Å²) in [6.45, 7) is 5.91. The number of aryl methyl sites for hydroxylation is 3. The minimum absolute atomic E-state index is 0.0812. The molecule has 1 aromatic heterocycles. The number of aromatic nitrogens is 1. The molecule has 0 aliphatic rings. The lowest BCUT2D eigenvalue weighted by atomic mass is 10.1. The van der Waals surface area contributed by atoms with E-state index in [1.165, 1.54) is 0 Å². The van der Waals surface area contributed by atoms with Crippen molar-refractivity contribution < 1.29 is 14.3 Å². The van der Waals surface area contributed by atoms with E-state index >= 15 is 0 Å². The Hall–Kier alpha value is -3.54. The van der Waals surface area contributed by atoms with Crippen LogP contribution in [0.4, 0.5) is 5.69 Å². The van der Waals surface area contributed by atoms with Crippen LogP contribution in [0.3, 0.4) is 0 Å². The maximum Gasteiger partial charge on any atom is 0.257 e. The summed E-state index contributed by atoms with van der Waals surface area (Å²) in [5, 5.41) is 5.44. The summed E-state index contributed by atoms with van der Waals surface area (Å²) >= 11 is 0. The quantitative estimate of drug-likeness (QED) is 0.672. The highest BCUT2D eigenvalue weighted by Crippen LogP contribution is 2.24. The Kier molecular flexibility index (Phi) is 6.02. The first kappa shape index (κ1) is 20.2. The molecule has 2 amide bonds. The standard InChI is InChI=1S/C23H25N3O3/c1-15-8-11-21(26-16(2)9-10-17(26)3)20(12-15)23(28)25-18-6-5-7-19(13-18)29-14-22(27)24-4/h5-13H,14H2,1-4H3,(H,24,27)(H,25,28). The van der Waals surface area contributed by atoms with Gasteiger partial charge in [0.1, 0.15) is 5.75 Å². The topological polar surface area (TPSA) is 72.4 Å². The molecule has 3 rings (SSSR count). The van der Waals surface area contributed by atoms with Crippen molar-refractivity contribution in [3.8, 4) is 11.4 Å². The van der Waals surface area contributed by atoms with Crippen LogP contribution in [0, 0.1) is 20.8 Å². The normalized spacial score (nSPS) is 10.5. The summed E-state index contributed by atoms with van der Waals surface area (Å²) in [6.07, 6.45) is 0. The monoisotopic (exact) mass is 391 g/mol. The molecule has 0 radical (unpaired) electrons. The van der Waals surface area contributed by atoms with Crippen molar-refractivity contribution >= 4 is 17.5 Å². The van der Waals surface area contributed by atoms with Gasteiger partial charge in [-0.25, -0.2) is 0 Å². The van der Waals surface area contributed by atoms with E-state index < -0.39 is 0 Å². The number of benzene rings is 2. The van der Waals surface area contributed by atoms with Crippen LogP contribution < -0.4 is 15.4 Å². The van der Waals surface area contributed by atoms with Gasteiger partial charge in [0.05, 0.1) is 11.3 Å². The van der Waals surface area contributed by atoms with Gasteiger partial charge in [0.25, 0.3) is 11.8 Å². The zero-order valence-electron chi connectivity index (χ0n) is 17.1. The molecule has 3 aromatic rings. The highest BCUT2D eigenvalue weighted by Gasteiger charge is 2.16. The second kappa shape index (κ2) is 8.65. The molecule has 150 valence electrons. The number of hydrogen-bond donors (Lipinski definition) is 2. The molecule has 0 bridgehead atoms. The highest BCUT2D eigenvalue weighted by molar-refractivity contribution is 6.07. The molecular weight excluding hydrogens is 366 g/mol. The molecule has 6 heteroatoms. The highest BCUT2D eigenvalue weighted by atomic mass is 16.5. The predicted molar refractivity (Wildman–Crippen MR) is 114 cm³/mol. The molecule has 1 heterocycles. The minimum Gasteiger partial charge on any atom is -0.484 e. The summed E-state index contributed by atoms with van der Waals surface area (Å²) < 4.78 is 7.52. The Morgan fingerprint density at radius 3 is 2.38 bits per heavy atom. The Morgan fingerprint density at radius 2 is 1.69 bits per heavy atom. The third-order valence-electron chi connectivity index (χ3n) is 4.65. The van der Waals surface area contributed by atoms with Crippen molar-refractivity contribution in [2.45, 2.75) is 20.8 Å². The van der Waals surface area contributed by atoms with Gasteiger partial charge in [-0.3, -0.25) is 9.59 Å². The lowest BCUT2D eigenvalue weighted by molar-refractivity contribution is -0.122. The Bertz CT molecular complexity index is 1030. The fourth-order valence-electron chi connectivity index (χ4n) is 3.16. The van der Waals surface area contributed by atoms with Crippen molar-refractivity contribution in [2.24, 2.45) is 0 Å². The van der Waals surface area contributed by atoms with Crippen LogP contribution >= 0.6 is 0 Å². The number of likely N-dealkylation sites (N-methyl/N-ethyl adjacent to an activating group) is 1. The third-order valence-corrected chi connectivity index (χ3v) is 4.65. The number of rotatable bonds is 6. The number of carbonyl (C=O) groups is 2.